The van der Waals surface area contributed by atoms with Crippen molar-refractivity contribution in [2.75, 3.05) is 41.0 Å². The number of nitrogen functional groups attached to an aromatic ring is 5. The van der Waals surface area contributed by atoms with Crippen molar-refractivity contribution in [1.82, 2.24) is 9.97 Å². The fourth-order valence-corrected chi connectivity index (χ4v) is 5.97. The van der Waals surface area contributed by atoms with Gasteiger partial charge in [0, 0.05) is 60.6 Å². The van der Waals surface area contributed by atoms with Crippen molar-refractivity contribution >= 4 is 34.3 Å². The smallest absolute Gasteiger partial charge is 0.239 e. The van der Waals surface area contributed by atoms with E-state index >= 15 is 0 Å². The summed E-state index contributed by atoms with van der Waals surface area (Å²) in [7, 11) is 1.90. The highest BCUT2D eigenvalue weighted by Gasteiger charge is 2.06. The molecule has 0 fully saturated rings. The summed E-state index contributed by atoms with van der Waals surface area (Å²) in [4.78, 5) is 7.47. The van der Waals surface area contributed by atoms with Gasteiger partial charge in [0.1, 0.15) is 28.8 Å². The predicted molar refractivity (Wildman–Crippen MR) is 330 cm³/mol. The summed E-state index contributed by atoms with van der Waals surface area (Å²) < 4.78 is 63.1. The lowest BCUT2D eigenvalue weighted by Crippen LogP contribution is -2.07. The van der Waals surface area contributed by atoms with E-state index in [1.165, 1.54) is 18.2 Å². The third kappa shape index (κ3) is 35.0. The Morgan fingerprint density at radius 1 is 0.407 bits per heavy atom. The summed E-state index contributed by atoms with van der Waals surface area (Å²) in [5.41, 5.74) is 36.7. The Morgan fingerprint density at radius 2 is 0.827 bits per heavy atom. The fourth-order valence-electron chi connectivity index (χ4n) is 5.97. The monoisotopic (exact) mass is 1120 g/mol. The summed E-state index contributed by atoms with van der Waals surface area (Å²) in [6, 6.07) is 43.3. The molecular weight excluding hydrogens is 1030 g/mol. The van der Waals surface area contributed by atoms with E-state index in [1.807, 2.05) is 207 Å². The van der Waals surface area contributed by atoms with E-state index in [-0.39, 0.29) is 60.0 Å². The molecule has 0 unspecified atom stereocenters. The third-order valence-corrected chi connectivity index (χ3v) is 9.16. The van der Waals surface area contributed by atoms with Gasteiger partial charge in [0.25, 0.3) is 0 Å². The minimum Gasteiger partial charge on any atom is -0.491 e. The maximum Gasteiger partial charge on any atom is 0.239 e. The van der Waals surface area contributed by atoms with Crippen LogP contribution in [0.1, 0.15) is 102 Å². The predicted octanol–water partition coefficient (Wildman–Crippen LogP) is 13.8. The molecule has 0 saturated heterocycles. The van der Waals surface area contributed by atoms with Crippen LogP contribution in [-0.4, -0.2) is 59.7 Å². The molecule has 2 heterocycles. The summed E-state index contributed by atoms with van der Waals surface area (Å²) in [5, 5.41) is 3.05. The van der Waals surface area contributed by atoms with Crippen LogP contribution in [-0.2, 0) is 6.54 Å². The molecule has 81 heavy (non-hydrogen) atoms. The zero-order valence-electron chi connectivity index (χ0n) is 50.1. The molecule has 0 radical (unpaired) electrons. The quantitative estimate of drug-likeness (QED) is 0.0350. The molecule has 0 aliphatic carbocycles. The van der Waals surface area contributed by atoms with Crippen molar-refractivity contribution < 1.29 is 41.9 Å². The van der Waals surface area contributed by atoms with Gasteiger partial charge in [-0.2, -0.15) is 14.4 Å². The van der Waals surface area contributed by atoms with Gasteiger partial charge >= 0.3 is 0 Å². The number of nitrogens with zero attached hydrogens (tertiary/aromatic N) is 2. The van der Waals surface area contributed by atoms with Crippen molar-refractivity contribution in [3.8, 4) is 40.5 Å². The maximum atomic E-state index is 13.0. The molecule has 2 aromatic heterocycles. The molecule has 7 aromatic rings. The Kier molecular flexibility index (Phi) is 34.1. The number of rotatable bonds is 16. The number of ether oxygens (including phenoxy) is 7. The van der Waals surface area contributed by atoms with Crippen molar-refractivity contribution in [3.05, 3.63) is 163 Å². The Hall–Kier alpha value is -8.38. The highest BCUT2D eigenvalue weighted by Crippen LogP contribution is 2.21. The SMILES string of the molecule is CC(C)Oc1ccc(CN)cc1.CC(C)Oc1ccc(N)c(F)n1.CC(C)Oc1ccc(N)cc1.CC(C)Oc1ccc(N)cc1F.CC(C)Oc1cccc(N)c1.CC(C)Oc1cccc(N)n1.CNc1ccc(OC(C)C)cc1. The molecule has 5 aromatic carbocycles. The summed E-state index contributed by atoms with van der Waals surface area (Å²) in [5.74, 6) is 4.01. The normalized spacial score (nSPS) is 10.2. The van der Waals surface area contributed by atoms with E-state index in [4.69, 9.17) is 67.6 Å². The molecule has 444 valence electrons. The Labute approximate surface area is 480 Å². The van der Waals surface area contributed by atoms with E-state index < -0.39 is 11.8 Å². The highest BCUT2D eigenvalue weighted by molar-refractivity contribution is 5.46. The average Bonchev–Trinajstić information content (AvgIpc) is 3.37. The second-order valence-corrected chi connectivity index (χ2v) is 19.6. The number of hydrogen-bond acceptors (Lipinski definition) is 16. The van der Waals surface area contributed by atoms with Crippen molar-refractivity contribution in [3.63, 3.8) is 0 Å². The number of halogens is 2. The van der Waals surface area contributed by atoms with Crippen LogP contribution in [0.25, 0.3) is 0 Å². The molecule has 13 N–H and O–H groups in total. The van der Waals surface area contributed by atoms with Crippen LogP contribution in [0, 0.1) is 11.8 Å². The van der Waals surface area contributed by atoms with Crippen LogP contribution in [0.5, 0.6) is 40.5 Å². The number of hydrogen-bond donors (Lipinski definition) is 7. The van der Waals surface area contributed by atoms with Gasteiger partial charge in [-0.05, 0) is 200 Å². The molecule has 0 aliphatic heterocycles. The Balaban J connectivity index is 0.000000473. The zero-order valence-corrected chi connectivity index (χ0v) is 50.1. The minimum atomic E-state index is -0.687. The summed E-state index contributed by atoms with van der Waals surface area (Å²) in [6.07, 6.45) is 1.00. The van der Waals surface area contributed by atoms with E-state index in [2.05, 4.69) is 15.3 Å². The van der Waals surface area contributed by atoms with Crippen LogP contribution in [0.3, 0.4) is 0 Å². The molecular formula is C63H91F2N9O7. The number of nitrogens with two attached hydrogens (primary N) is 6. The third-order valence-electron chi connectivity index (χ3n) is 9.16. The summed E-state index contributed by atoms with van der Waals surface area (Å²) in [6.45, 7) is 27.9. The van der Waals surface area contributed by atoms with Crippen LogP contribution in [0.2, 0.25) is 0 Å². The Bertz CT molecular complexity index is 2640. The van der Waals surface area contributed by atoms with Crippen LogP contribution in [0.4, 0.5) is 43.0 Å². The van der Waals surface area contributed by atoms with Crippen molar-refractivity contribution in [2.24, 2.45) is 5.73 Å². The first-order valence-corrected chi connectivity index (χ1v) is 26.8. The van der Waals surface area contributed by atoms with Gasteiger partial charge in [0.15, 0.2) is 11.6 Å². The largest absolute Gasteiger partial charge is 0.491 e. The molecule has 0 saturated carbocycles. The van der Waals surface area contributed by atoms with Gasteiger partial charge in [0.2, 0.25) is 17.7 Å². The minimum absolute atomic E-state index is 0.0134. The number of nitrogens with one attached hydrogen (secondary N) is 1. The van der Waals surface area contributed by atoms with Gasteiger partial charge in [0.05, 0.1) is 48.4 Å². The average molecular weight is 1120 g/mol. The molecule has 0 bridgehead atoms. The second-order valence-electron chi connectivity index (χ2n) is 19.6. The molecule has 7 rings (SSSR count). The van der Waals surface area contributed by atoms with Gasteiger partial charge < -0.3 is 72.9 Å². The van der Waals surface area contributed by atoms with Gasteiger partial charge in [-0.3, -0.25) is 0 Å². The van der Waals surface area contributed by atoms with Crippen molar-refractivity contribution in [2.45, 2.75) is 146 Å². The number of anilines is 6. The number of pyridine rings is 2. The van der Waals surface area contributed by atoms with Crippen LogP contribution < -0.4 is 72.9 Å². The lowest BCUT2D eigenvalue weighted by Gasteiger charge is -2.10. The first kappa shape index (κ1) is 70.6. The van der Waals surface area contributed by atoms with Crippen LogP contribution in [0.15, 0.2) is 146 Å². The molecule has 0 atom stereocenters. The maximum absolute atomic E-state index is 13.0. The standard InChI is InChI=1S/2C10H15NO.C9H12FNO.2C9H13NO.C8H11FN2O.C8H12N2O/c1-8(2)12-10-6-4-9(11-3)5-7-10;1-8(2)12-10-5-3-9(7-11)4-6-10;1-6(2)12-9-4-3-7(11)5-8(9)10;1-7(2)11-9-5-3-8(10)4-6-9;1-7(2)11-9-5-3-4-8(10)6-9;1-5(2)12-7-4-3-6(10)8(9)11-7;1-6(2)11-8-5-3-4-7(9)10-8/h4-8,11H,1-3H3;3-6,8H,7,11H2,1-2H3;3-6H,11H2,1-2H3;2*3-7H,10H2,1-2H3;3-5H,10H2,1-2H3;3-6H,1-2H3,(H2,9,10). The second kappa shape index (κ2) is 39.1. The molecule has 0 spiro atoms. The van der Waals surface area contributed by atoms with Gasteiger partial charge in [-0.1, -0.05) is 24.3 Å². The summed E-state index contributed by atoms with van der Waals surface area (Å²) >= 11 is 0. The van der Waals surface area contributed by atoms with E-state index in [1.54, 1.807) is 24.3 Å². The van der Waals surface area contributed by atoms with Gasteiger partial charge in [-0.15, -0.1) is 0 Å². The van der Waals surface area contributed by atoms with Crippen LogP contribution >= 0.6 is 0 Å². The van der Waals surface area contributed by atoms with E-state index in [0.717, 1.165) is 45.6 Å². The molecule has 0 amide bonds. The first-order chi connectivity index (χ1) is 38.2. The Morgan fingerprint density at radius 3 is 1.25 bits per heavy atom. The first-order valence-electron chi connectivity index (χ1n) is 26.8. The molecule has 18 heteroatoms. The van der Waals surface area contributed by atoms with E-state index in [9.17, 15) is 8.78 Å². The van der Waals surface area contributed by atoms with E-state index in [0.29, 0.717) is 23.9 Å². The number of aromatic nitrogens is 2. The lowest BCUT2D eigenvalue weighted by molar-refractivity contribution is 0.229. The van der Waals surface area contributed by atoms with Crippen molar-refractivity contribution in [1.29, 1.82) is 0 Å². The number of benzene rings is 5. The topological polar surface area (TPSA) is 259 Å². The lowest BCUT2D eigenvalue weighted by atomic mass is 10.2. The highest BCUT2D eigenvalue weighted by atomic mass is 19.1. The molecule has 16 nitrogen and oxygen atoms in total. The van der Waals surface area contributed by atoms with Gasteiger partial charge in [-0.25, -0.2) is 4.39 Å². The fraction of sp³-hybridized carbons (Fsp3) is 0.365. The molecule has 0 aliphatic rings. The zero-order chi connectivity index (χ0) is 61.0.